The van der Waals surface area contributed by atoms with Crippen LogP contribution in [0.25, 0.3) is 0 Å². The average molecular weight is 299 g/mol. The molecule has 1 aromatic rings. The SMILES string of the molecule is O=C1CC2C(=O)N(c3cc(Cl)cc(Cl)c3)C(=O)N2C1. The standard InChI is InChI=1S/C12H8Cl2N2O3/c13-6-1-7(14)3-8(2-6)16-11(18)10-4-9(17)5-15(10)12(16)19/h1-3,10H,4-5H2. The second kappa shape index (κ2) is 4.21. The summed E-state index contributed by atoms with van der Waals surface area (Å²) in [7, 11) is 0. The summed E-state index contributed by atoms with van der Waals surface area (Å²) in [5.41, 5.74) is 0.328. The molecule has 0 aromatic heterocycles. The van der Waals surface area contributed by atoms with Crippen molar-refractivity contribution in [1.29, 1.82) is 0 Å². The normalized spacial score (nSPS) is 22.4. The van der Waals surface area contributed by atoms with Gasteiger partial charge in [0.05, 0.1) is 12.2 Å². The van der Waals surface area contributed by atoms with E-state index in [2.05, 4.69) is 0 Å². The van der Waals surface area contributed by atoms with Gasteiger partial charge in [0.1, 0.15) is 6.04 Å². The molecule has 2 aliphatic heterocycles. The Morgan fingerprint density at radius 1 is 1.05 bits per heavy atom. The Labute approximate surface area is 118 Å². The molecule has 0 spiro atoms. The van der Waals surface area contributed by atoms with Crippen molar-refractivity contribution in [3.63, 3.8) is 0 Å². The maximum absolute atomic E-state index is 12.2. The summed E-state index contributed by atoms with van der Waals surface area (Å²) >= 11 is 11.7. The highest BCUT2D eigenvalue weighted by molar-refractivity contribution is 6.35. The number of carbonyl (C=O) groups is 3. The van der Waals surface area contributed by atoms with E-state index < -0.39 is 18.0 Å². The zero-order valence-corrected chi connectivity index (χ0v) is 11.1. The van der Waals surface area contributed by atoms with Crippen LogP contribution in [0.1, 0.15) is 6.42 Å². The van der Waals surface area contributed by atoms with Gasteiger partial charge in [-0.05, 0) is 18.2 Å². The van der Waals surface area contributed by atoms with E-state index >= 15 is 0 Å². The molecule has 0 N–H and O–H groups in total. The highest BCUT2D eigenvalue weighted by Crippen LogP contribution is 2.33. The average Bonchev–Trinajstić information content (AvgIpc) is 2.78. The smallest absolute Gasteiger partial charge is 0.304 e. The molecule has 3 rings (SSSR count). The summed E-state index contributed by atoms with van der Waals surface area (Å²) in [5.74, 6) is -0.510. The largest absolute Gasteiger partial charge is 0.332 e. The molecule has 19 heavy (non-hydrogen) atoms. The summed E-state index contributed by atoms with van der Waals surface area (Å²) in [4.78, 5) is 37.9. The summed E-state index contributed by atoms with van der Waals surface area (Å²) in [6.45, 7) is -0.0139. The molecule has 2 heterocycles. The number of anilines is 1. The van der Waals surface area contributed by atoms with Crippen LogP contribution in [0.2, 0.25) is 10.0 Å². The van der Waals surface area contributed by atoms with Gasteiger partial charge < -0.3 is 4.90 Å². The van der Waals surface area contributed by atoms with Gasteiger partial charge in [0, 0.05) is 16.5 Å². The monoisotopic (exact) mass is 298 g/mol. The zero-order valence-electron chi connectivity index (χ0n) is 9.60. The fraction of sp³-hybridized carbons (Fsp3) is 0.250. The van der Waals surface area contributed by atoms with Crippen molar-refractivity contribution in [3.8, 4) is 0 Å². The highest BCUT2D eigenvalue weighted by atomic mass is 35.5. The third-order valence-corrected chi connectivity index (χ3v) is 3.63. The Bertz CT molecular complexity index is 571. The third kappa shape index (κ3) is 1.89. The van der Waals surface area contributed by atoms with Crippen molar-refractivity contribution in [1.82, 2.24) is 4.90 Å². The quantitative estimate of drug-likeness (QED) is 0.746. The van der Waals surface area contributed by atoms with Gasteiger partial charge in [-0.15, -0.1) is 0 Å². The third-order valence-electron chi connectivity index (χ3n) is 3.19. The first-order valence-corrected chi connectivity index (χ1v) is 6.35. The second-order valence-corrected chi connectivity index (χ2v) is 5.34. The molecule has 1 unspecified atom stereocenters. The van der Waals surface area contributed by atoms with Crippen LogP contribution in [-0.4, -0.2) is 35.2 Å². The van der Waals surface area contributed by atoms with Gasteiger partial charge in [-0.3, -0.25) is 9.59 Å². The molecule has 3 amide bonds. The van der Waals surface area contributed by atoms with Gasteiger partial charge >= 0.3 is 6.03 Å². The van der Waals surface area contributed by atoms with Crippen LogP contribution in [0, 0.1) is 0 Å². The molecule has 2 saturated heterocycles. The minimum atomic E-state index is -0.683. The molecule has 2 aliphatic rings. The van der Waals surface area contributed by atoms with E-state index in [0.717, 1.165) is 4.90 Å². The van der Waals surface area contributed by atoms with Crippen LogP contribution < -0.4 is 4.90 Å². The van der Waals surface area contributed by atoms with Gasteiger partial charge in [0.15, 0.2) is 5.78 Å². The first kappa shape index (κ1) is 12.4. The van der Waals surface area contributed by atoms with Crippen LogP contribution in [0.4, 0.5) is 10.5 Å². The lowest BCUT2D eigenvalue weighted by Crippen LogP contribution is -2.34. The number of fused-ring (bicyclic) bond motifs is 1. The maximum atomic E-state index is 12.2. The lowest BCUT2D eigenvalue weighted by molar-refractivity contribution is -0.121. The first-order valence-electron chi connectivity index (χ1n) is 5.60. The number of amides is 3. The Morgan fingerprint density at radius 2 is 1.68 bits per heavy atom. The minimum absolute atomic E-state index is 0.0139. The lowest BCUT2D eigenvalue weighted by Gasteiger charge is -2.15. The van der Waals surface area contributed by atoms with E-state index in [1.807, 2.05) is 0 Å². The number of halogens is 2. The van der Waals surface area contributed by atoms with Crippen LogP contribution in [0.15, 0.2) is 18.2 Å². The van der Waals surface area contributed by atoms with Gasteiger partial charge in [-0.1, -0.05) is 23.2 Å². The van der Waals surface area contributed by atoms with Crippen molar-refractivity contribution in [2.75, 3.05) is 11.4 Å². The fourth-order valence-corrected chi connectivity index (χ4v) is 2.90. The van der Waals surface area contributed by atoms with E-state index in [9.17, 15) is 14.4 Å². The number of imide groups is 1. The van der Waals surface area contributed by atoms with E-state index in [0.29, 0.717) is 15.7 Å². The molecule has 7 heteroatoms. The number of urea groups is 1. The van der Waals surface area contributed by atoms with Gasteiger partial charge in [0.2, 0.25) is 0 Å². The van der Waals surface area contributed by atoms with Crippen molar-refractivity contribution in [2.45, 2.75) is 12.5 Å². The summed E-state index contributed by atoms with van der Waals surface area (Å²) in [6.07, 6.45) is 0.0787. The molecule has 1 aromatic carbocycles. The number of benzene rings is 1. The maximum Gasteiger partial charge on any atom is 0.332 e. The summed E-state index contributed by atoms with van der Waals surface area (Å²) < 4.78 is 0. The Morgan fingerprint density at radius 3 is 2.26 bits per heavy atom. The number of rotatable bonds is 1. The number of hydrogen-bond acceptors (Lipinski definition) is 3. The van der Waals surface area contributed by atoms with Crippen LogP contribution in [0.5, 0.6) is 0 Å². The molecule has 0 radical (unpaired) electrons. The molecule has 5 nitrogen and oxygen atoms in total. The molecule has 0 saturated carbocycles. The van der Waals surface area contributed by atoms with Crippen LogP contribution in [0.3, 0.4) is 0 Å². The predicted octanol–water partition coefficient (Wildman–Crippen LogP) is 2.10. The van der Waals surface area contributed by atoms with Crippen LogP contribution >= 0.6 is 23.2 Å². The number of carbonyl (C=O) groups excluding carboxylic acids is 3. The van der Waals surface area contributed by atoms with Gasteiger partial charge in [0.25, 0.3) is 5.91 Å². The van der Waals surface area contributed by atoms with E-state index in [-0.39, 0.29) is 18.7 Å². The zero-order chi connectivity index (χ0) is 13.7. The first-order chi connectivity index (χ1) is 8.97. The van der Waals surface area contributed by atoms with Gasteiger partial charge in [-0.25, -0.2) is 9.69 Å². The molecular weight excluding hydrogens is 291 g/mol. The number of Topliss-reactive ketones (excluding diaryl/α,β-unsaturated/α-hetero) is 1. The topological polar surface area (TPSA) is 57.7 Å². The van der Waals surface area contributed by atoms with Crippen LogP contribution in [-0.2, 0) is 9.59 Å². The molecular formula is C12H8Cl2N2O3. The Balaban J connectivity index is 2.01. The summed E-state index contributed by atoms with van der Waals surface area (Å²) in [6, 6.07) is 3.32. The van der Waals surface area contributed by atoms with E-state index in [1.165, 1.54) is 23.1 Å². The van der Waals surface area contributed by atoms with Crippen molar-refractivity contribution in [2.24, 2.45) is 0 Å². The van der Waals surface area contributed by atoms with E-state index in [4.69, 9.17) is 23.2 Å². The fourth-order valence-electron chi connectivity index (χ4n) is 2.39. The molecule has 0 aliphatic carbocycles. The van der Waals surface area contributed by atoms with Crippen molar-refractivity contribution < 1.29 is 14.4 Å². The Kier molecular flexibility index (Phi) is 2.76. The lowest BCUT2D eigenvalue weighted by atomic mass is 10.2. The molecule has 1 atom stereocenters. The summed E-state index contributed by atoms with van der Waals surface area (Å²) in [5, 5.41) is 0.678. The molecule has 98 valence electrons. The Hall–Kier alpha value is -1.59. The van der Waals surface area contributed by atoms with Crippen molar-refractivity contribution in [3.05, 3.63) is 28.2 Å². The van der Waals surface area contributed by atoms with Crippen molar-refractivity contribution >= 4 is 46.6 Å². The molecule has 2 fully saturated rings. The predicted molar refractivity (Wildman–Crippen MR) is 69.5 cm³/mol. The molecule has 0 bridgehead atoms. The number of hydrogen-bond donors (Lipinski definition) is 0. The second-order valence-electron chi connectivity index (χ2n) is 4.47. The number of ketones is 1. The van der Waals surface area contributed by atoms with E-state index in [1.54, 1.807) is 0 Å². The minimum Gasteiger partial charge on any atom is -0.304 e. The number of nitrogens with zero attached hydrogens (tertiary/aromatic N) is 2. The van der Waals surface area contributed by atoms with Gasteiger partial charge in [-0.2, -0.15) is 0 Å². The highest BCUT2D eigenvalue weighted by Gasteiger charge is 2.50.